The van der Waals surface area contributed by atoms with Crippen molar-refractivity contribution in [1.29, 1.82) is 0 Å². The molecule has 0 aliphatic rings. The number of hydrogen-bond donors (Lipinski definition) is 1. The van der Waals surface area contributed by atoms with E-state index in [0.29, 0.717) is 5.02 Å². The van der Waals surface area contributed by atoms with Gasteiger partial charge >= 0.3 is 0 Å². The van der Waals surface area contributed by atoms with Crippen molar-refractivity contribution in [3.05, 3.63) is 49.3 Å². The maximum Gasteiger partial charge on any atom is 0.0837 e. The van der Waals surface area contributed by atoms with Gasteiger partial charge in [-0.3, -0.25) is 4.68 Å². The van der Waals surface area contributed by atoms with Gasteiger partial charge in [0.2, 0.25) is 0 Å². The molecule has 0 radical (unpaired) electrons. The maximum absolute atomic E-state index is 6.32. The number of hydrogen-bond acceptors (Lipinski definition) is 2. The third-order valence-electron chi connectivity index (χ3n) is 3.09. The van der Waals surface area contributed by atoms with Gasteiger partial charge in [0.1, 0.15) is 0 Å². The van der Waals surface area contributed by atoms with Crippen LogP contribution in [0, 0.1) is 3.57 Å². The van der Waals surface area contributed by atoms with E-state index >= 15 is 0 Å². The van der Waals surface area contributed by atoms with E-state index in [4.69, 9.17) is 23.2 Å². The second kappa shape index (κ2) is 7.11. The fourth-order valence-electron chi connectivity index (χ4n) is 2.18. The summed E-state index contributed by atoms with van der Waals surface area (Å²) < 4.78 is 2.96. The Kier molecular flexibility index (Phi) is 5.72. The maximum atomic E-state index is 6.32. The van der Waals surface area contributed by atoms with E-state index in [-0.39, 0.29) is 6.04 Å². The van der Waals surface area contributed by atoms with Crippen LogP contribution in [0.5, 0.6) is 0 Å². The third-order valence-corrected chi connectivity index (χ3v) is 4.95. The van der Waals surface area contributed by atoms with Crippen LogP contribution in [0.2, 0.25) is 10.0 Å². The average Bonchev–Trinajstić information content (AvgIpc) is 2.80. The highest BCUT2D eigenvalue weighted by Crippen LogP contribution is 2.31. The van der Waals surface area contributed by atoms with Gasteiger partial charge < -0.3 is 5.32 Å². The molecule has 6 heteroatoms. The summed E-state index contributed by atoms with van der Waals surface area (Å²) in [5.41, 5.74) is 2.07. The van der Waals surface area contributed by atoms with E-state index in [1.165, 1.54) is 0 Å². The summed E-state index contributed by atoms with van der Waals surface area (Å²) in [4.78, 5) is 0. The van der Waals surface area contributed by atoms with Crippen molar-refractivity contribution in [2.75, 3.05) is 6.54 Å². The Hall–Kier alpha value is -0.300. The Morgan fingerprint density at radius 2 is 2.05 bits per heavy atom. The molecule has 1 N–H and O–H groups in total. The Labute approximate surface area is 142 Å². The van der Waals surface area contributed by atoms with Gasteiger partial charge in [0.25, 0.3) is 0 Å². The molecule has 0 fully saturated rings. The smallest absolute Gasteiger partial charge is 0.0837 e. The van der Waals surface area contributed by atoms with Crippen LogP contribution in [-0.2, 0) is 6.54 Å². The first-order chi connectivity index (χ1) is 9.58. The van der Waals surface area contributed by atoms with Crippen molar-refractivity contribution in [1.82, 2.24) is 15.1 Å². The summed E-state index contributed by atoms with van der Waals surface area (Å²) in [5.74, 6) is 0. The molecule has 1 aromatic heterocycles. The van der Waals surface area contributed by atoms with Crippen LogP contribution in [0.25, 0.3) is 0 Å². The average molecular weight is 424 g/mol. The van der Waals surface area contributed by atoms with Crippen LogP contribution in [0.4, 0.5) is 0 Å². The summed E-state index contributed by atoms with van der Waals surface area (Å²) in [6, 6.07) is 6.07. The lowest BCUT2D eigenvalue weighted by molar-refractivity contribution is 0.542. The van der Waals surface area contributed by atoms with E-state index in [1.807, 2.05) is 16.8 Å². The molecule has 0 aliphatic carbocycles. The minimum absolute atomic E-state index is 0.00977. The van der Waals surface area contributed by atoms with Gasteiger partial charge in [-0.05, 0) is 53.8 Å². The summed E-state index contributed by atoms with van der Waals surface area (Å²) in [6.07, 6.45) is 1.69. The number of halogens is 3. The minimum atomic E-state index is -0.00977. The number of nitrogens with one attached hydrogen (secondary N) is 1. The van der Waals surface area contributed by atoms with Gasteiger partial charge in [0, 0.05) is 10.1 Å². The highest BCUT2D eigenvalue weighted by Gasteiger charge is 2.21. The number of rotatable bonds is 5. The molecule has 2 rings (SSSR count). The number of nitrogens with zero attached hydrogens (tertiary/aromatic N) is 2. The molecule has 2 aromatic rings. The third kappa shape index (κ3) is 3.30. The van der Waals surface area contributed by atoms with Gasteiger partial charge in [-0.1, -0.05) is 36.2 Å². The number of aromatic nitrogens is 2. The monoisotopic (exact) mass is 423 g/mol. The van der Waals surface area contributed by atoms with Gasteiger partial charge in [0.05, 0.1) is 28.0 Å². The molecule has 0 saturated carbocycles. The van der Waals surface area contributed by atoms with Crippen molar-refractivity contribution in [3.8, 4) is 0 Å². The quantitative estimate of drug-likeness (QED) is 0.716. The van der Waals surface area contributed by atoms with Crippen LogP contribution in [0.1, 0.15) is 31.1 Å². The van der Waals surface area contributed by atoms with E-state index in [0.717, 1.165) is 32.9 Å². The molecule has 1 unspecified atom stereocenters. The molecule has 0 spiro atoms. The summed E-state index contributed by atoms with van der Waals surface area (Å²) in [5, 5.41) is 9.20. The largest absolute Gasteiger partial charge is 0.305 e. The predicted octanol–water partition coefficient (Wildman–Crippen LogP) is 4.51. The Balaban J connectivity index is 2.49. The van der Waals surface area contributed by atoms with Crippen molar-refractivity contribution >= 4 is 45.8 Å². The molecular formula is C14H16Cl2IN3. The molecule has 3 nitrogen and oxygen atoms in total. The first-order valence-corrected chi connectivity index (χ1v) is 8.31. The summed E-state index contributed by atoms with van der Waals surface area (Å²) >= 11 is 14.8. The van der Waals surface area contributed by atoms with Crippen molar-refractivity contribution in [3.63, 3.8) is 0 Å². The Morgan fingerprint density at radius 3 is 2.65 bits per heavy atom. The highest BCUT2D eigenvalue weighted by molar-refractivity contribution is 14.1. The number of benzene rings is 1. The zero-order valence-corrected chi connectivity index (χ0v) is 15.0. The Bertz CT molecular complexity index is 598. The standard InChI is InChI=1S/C14H16Cl2IN3/c1-3-18-13(9-5-6-12(17)10(15)7-9)14-11(16)8-19-20(14)4-2/h5-8,13,18H,3-4H2,1-2H3. The summed E-state index contributed by atoms with van der Waals surface area (Å²) in [7, 11) is 0. The first kappa shape index (κ1) is 16.1. The van der Waals surface area contributed by atoms with Crippen LogP contribution in [0.15, 0.2) is 24.4 Å². The minimum Gasteiger partial charge on any atom is -0.305 e. The molecule has 1 atom stereocenters. The molecule has 0 saturated heterocycles. The lowest BCUT2D eigenvalue weighted by Gasteiger charge is -2.20. The predicted molar refractivity (Wildman–Crippen MR) is 92.6 cm³/mol. The van der Waals surface area contributed by atoms with Crippen molar-refractivity contribution in [2.45, 2.75) is 26.4 Å². The zero-order valence-electron chi connectivity index (χ0n) is 11.3. The fourth-order valence-corrected chi connectivity index (χ4v) is 2.95. The van der Waals surface area contributed by atoms with E-state index < -0.39 is 0 Å². The van der Waals surface area contributed by atoms with Crippen molar-refractivity contribution < 1.29 is 0 Å². The molecule has 1 heterocycles. The van der Waals surface area contributed by atoms with Crippen LogP contribution in [0.3, 0.4) is 0 Å². The van der Waals surface area contributed by atoms with Gasteiger partial charge in [0.15, 0.2) is 0 Å². The normalized spacial score (nSPS) is 12.7. The lowest BCUT2D eigenvalue weighted by atomic mass is 10.0. The number of aryl methyl sites for hydroxylation is 1. The fraction of sp³-hybridized carbons (Fsp3) is 0.357. The molecule has 20 heavy (non-hydrogen) atoms. The second-order valence-corrected chi connectivity index (χ2v) is 6.33. The van der Waals surface area contributed by atoms with Gasteiger partial charge in [-0.15, -0.1) is 0 Å². The van der Waals surface area contributed by atoms with Gasteiger partial charge in [-0.2, -0.15) is 5.10 Å². The van der Waals surface area contributed by atoms with E-state index in [2.05, 4.69) is 52.9 Å². The molecule has 0 bridgehead atoms. The summed E-state index contributed by atoms with van der Waals surface area (Å²) in [6.45, 7) is 5.74. The Morgan fingerprint density at radius 1 is 1.30 bits per heavy atom. The molecule has 108 valence electrons. The molecular weight excluding hydrogens is 408 g/mol. The SMILES string of the molecule is CCNC(c1ccc(I)c(Cl)c1)c1c(Cl)cnn1CC. The van der Waals surface area contributed by atoms with E-state index in [9.17, 15) is 0 Å². The van der Waals surface area contributed by atoms with Gasteiger partial charge in [-0.25, -0.2) is 0 Å². The molecule has 1 aromatic carbocycles. The van der Waals surface area contributed by atoms with Crippen molar-refractivity contribution in [2.24, 2.45) is 0 Å². The van der Waals surface area contributed by atoms with Crippen LogP contribution >= 0.6 is 45.8 Å². The highest BCUT2D eigenvalue weighted by atomic mass is 127. The first-order valence-electron chi connectivity index (χ1n) is 6.48. The van der Waals surface area contributed by atoms with Crippen LogP contribution < -0.4 is 5.32 Å². The van der Waals surface area contributed by atoms with E-state index in [1.54, 1.807) is 6.20 Å². The topological polar surface area (TPSA) is 29.9 Å². The zero-order chi connectivity index (χ0) is 14.7. The molecule has 0 amide bonds. The lowest BCUT2D eigenvalue weighted by Crippen LogP contribution is -2.25. The molecule has 0 aliphatic heterocycles. The van der Waals surface area contributed by atoms with Crippen LogP contribution in [-0.4, -0.2) is 16.3 Å². The second-order valence-electron chi connectivity index (χ2n) is 4.36.